The van der Waals surface area contributed by atoms with Gasteiger partial charge in [-0.2, -0.15) is 0 Å². The monoisotopic (exact) mass is 258 g/mol. The van der Waals surface area contributed by atoms with Crippen LogP contribution in [0, 0.1) is 11.8 Å². The van der Waals surface area contributed by atoms with Crippen LogP contribution in [0.15, 0.2) is 0 Å². The maximum absolute atomic E-state index is 11.9. The van der Waals surface area contributed by atoms with Gasteiger partial charge in [0.25, 0.3) is 0 Å². The number of hydrogen-bond acceptors (Lipinski definition) is 3. The molecule has 0 bridgehead atoms. The molecule has 1 saturated heterocycles. The average molecular weight is 258 g/mol. The van der Waals surface area contributed by atoms with Gasteiger partial charge in [0, 0.05) is 12.6 Å². The summed E-state index contributed by atoms with van der Waals surface area (Å²) in [6.07, 6.45) is -0.466. The number of nitrogens with one attached hydrogen (secondary N) is 1. The SMILES string of the molecule is CC1CC(C)C(C)N(C(=O)NC[C@H](O)C(=O)O)C1. The molecule has 1 aliphatic heterocycles. The fourth-order valence-electron chi connectivity index (χ4n) is 2.36. The van der Waals surface area contributed by atoms with Crippen molar-refractivity contribution in [3.05, 3.63) is 0 Å². The van der Waals surface area contributed by atoms with E-state index in [-0.39, 0.29) is 18.6 Å². The van der Waals surface area contributed by atoms with E-state index in [4.69, 9.17) is 10.2 Å². The van der Waals surface area contributed by atoms with Crippen molar-refractivity contribution in [2.45, 2.75) is 39.3 Å². The van der Waals surface area contributed by atoms with Gasteiger partial charge in [0.05, 0.1) is 6.54 Å². The number of carbonyl (C=O) groups excluding carboxylic acids is 1. The van der Waals surface area contributed by atoms with Crippen LogP contribution in [-0.2, 0) is 4.79 Å². The van der Waals surface area contributed by atoms with Crippen LogP contribution in [0.2, 0.25) is 0 Å². The number of aliphatic carboxylic acids is 1. The van der Waals surface area contributed by atoms with Gasteiger partial charge in [0.15, 0.2) is 6.10 Å². The molecule has 104 valence electrons. The van der Waals surface area contributed by atoms with E-state index < -0.39 is 12.1 Å². The molecule has 1 rings (SSSR count). The maximum atomic E-state index is 11.9. The molecule has 6 nitrogen and oxygen atoms in total. The summed E-state index contributed by atoms with van der Waals surface area (Å²) in [6, 6.07) is -0.177. The Morgan fingerprint density at radius 3 is 2.56 bits per heavy atom. The Balaban J connectivity index is 2.52. The molecule has 0 radical (unpaired) electrons. The second kappa shape index (κ2) is 6.04. The van der Waals surface area contributed by atoms with Gasteiger partial charge in [-0.15, -0.1) is 0 Å². The first kappa shape index (κ1) is 14.8. The number of rotatable bonds is 3. The lowest BCUT2D eigenvalue weighted by molar-refractivity contribution is -0.146. The normalized spacial score (nSPS) is 29.8. The number of urea groups is 1. The van der Waals surface area contributed by atoms with Crippen LogP contribution in [0.4, 0.5) is 4.79 Å². The van der Waals surface area contributed by atoms with Crippen LogP contribution in [0.1, 0.15) is 27.2 Å². The summed E-state index contributed by atoms with van der Waals surface area (Å²) >= 11 is 0. The Hall–Kier alpha value is -1.30. The smallest absolute Gasteiger partial charge is 0.334 e. The summed E-state index contributed by atoms with van der Waals surface area (Å²) in [5.41, 5.74) is 0. The second-order valence-electron chi connectivity index (χ2n) is 5.25. The number of carboxylic acid groups (broad SMARTS) is 1. The fourth-order valence-corrected chi connectivity index (χ4v) is 2.36. The molecule has 6 heteroatoms. The molecular weight excluding hydrogens is 236 g/mol. The molecule has 4 atom stereocenters. The van der Waals surface area contributed by atoms with Gasteiger partial charge in [0.1, 0.15) is 0 Å². The molecule has 0 saturated carbocycles. The minimum atomic E-state index is -1.55. The molecule has 2 amide bonds. The van der Waals surface area contributed by atoms with Gasteiger partial charge in [-0.1, -0.05) is 13.8 Å². The molecule has 1 fully saturated rings. The number of carbonyl (C=O) groups is 2. The number of aliphatic hydroxyl groups is 1. The quantitative estimate of drug-likeness (QED) is 0.688. The van der Waals surface area contributed by atoms with Crippen LogP contribution in [0.5, 0.6) is 0 Å². The predicted octanol–water partition coefficient (Wildman–Crippen LogP) is 0.508. The molecule has 1 heterocycles. The van der Waals surface area contributed by atoms with Crippen molar-refractivity contribution in [2.75, 3.05) is 13.1 Å². The number of likely N-dealkylation sites (tertiary alicyclic amines) is 1. The highest BCUT2D eigenvalue weighted by atomic mass is 16.4. The first-order valence-electron chi connectivity index (χ1n) is 6.28. The van der Waals surface area contributed by atoms with Gasteiger partial charge >= 0.3 is 12.0 Å². The highest BCUT2D eigenvalue weighted by Gasteiger charge is 2.32. The zero-order chi connectivity index (χ0) is 13.9. The second-order valence-corrected chi connectivity index (χ2v) is 5.25. The zero-order valence-corrected chi connectivity index (χ0v) is 11.1. The molecule has 3 N–H and O–H groups in total. The number of nitrogens with zero attached hydrogens (tertiary/aromatic N) is 1. The lowest BCUT2D eigenvalue weighted by Gasteiger charge is -2.41. The summed E-state index contributed by atoms with van der Waals surface area (Å²) in [5, 5.41) is 20.1. The van der Waals surface area contributed by atoms with Gasteiger partial charge in [0.2, 0.25) is 0 Å². The topological polar surface area (TPSA) is 89.9 Å². The minimum Gasteiger partial charge on any atom is -0.479 e. The van der Waals surface area contributed by atoms with Crippen molar-refractivity contribution in [1.29, 1.82) is 0 Å². The molecule has 0 aromatic rings. The molecule has 18 heavy (non-hydrogen) atoms. The number of carboxylic acids is 1. The van der Waals surface area contributed by atoms with Gasteiger partial charge in [-0.25, -0.2) is 9.59 Å². The lowest BCUT2D eigenvalue weighted by Crippen LogP contribution is -2.53. The van der Waals surface area contributed by atoms with Crippen molar-refractivity contribution < 1.29 is 19.8 Å². The molecular formula is C12H22N2O4. The largest absolute Gasteiger partial charge is 0.479 e. The number of piperidine rings is 1. The summed E-state index contributed by atoms with van der Waals surface area (Å²) in [7, 11) is 0. The number of aliphatic hydroxyl groups excluding tert-OH is 1. The van der Waals surface area contributed by atoms with E-state index in [2.05, 4.69) is 19.2 Å². The molecule has 0 aliphatic carbocycles. The molecule has 3 unspecified atom stereocenters. The van der Waals surface area contributed by atoms with Crippen LogP contribution in [0.25, 0.3) is 0 Å². The van der Waals surface area contributed by atoms with Crippen molar-refractivity contribution in [3.8, 4) is 0 Å². The van der Waals surface area contributed by atoms with E-state index in [1.165, 1.54) is 0 Å². The third-order valence-corrected chi connectivity index (χ3v) is 3.59. The fraction of sp³-hybridized carbons (Fsp3) is 0.833. The number of amides is 2. The van der Waals surface area contributed by atoms with Crippen molar-refractivity contribution >= 4 is 12.0 Å². The molecule has 0 aromatic carbocycles. The van der Waals surface area contributed by atoms with E-state index in [1.807, 2.05) is 6.92 Å². The van der Waals surface area contributed by atoms with E-state index in [9.17, 15) is 9.59 Å². The molecule has 0 aromatic heterocycles. The Labute approximate surface area is 107 Å². The lowest BCUT2D eigenvalue weighted by atomic mass is 9.86. The standard InChI is InChI=1S/C12H22N2O4/c1-7-4-8(2)9(3)14(6-7)12(18)13-5-10(15)11(16)17/h7-10,15H,4-6H2,1-3H3,(H,13,18)(H,16,17)/t7?,8?,9?,10-/m0/s1. The summed E-state index contributed by atoms with van der Waals surface area (Å²) in [5.74, 6) is -0.473. The Morgan fingerprint density at radius 2 is 2.00 bits per heavy atom. The van der Waals surface area contributed by atoms with Crippen LogP contribution >= 0.6 is 0 Å². The van der Waals surface area contributed by atoms with E-state index in [0.717, 1.165) is 6.42 Å². The van der Waals surface area contributed by atoms with Crippen LogP contribution < -0.4 is 5.32 Å². The first-order valence-corrected chi connectivity index (χ1v) is 6.28. The third kappa shape index (κ3) is 3.60. The average Bonchev–Trinajstić information content (AvgIpc) is 2.29. The minimum absolute atomic E-state index is 0.128. The summed E-state index contributed by atoms with van der Waals surface area (Å²) in [6.45, 7) is 6.59. The Kier molecular flexibility index (Phi) is 4.95. The van der Waals surface area contributed by atoms with Crippen molar-refractivity contribution in [1.82, 2.24) is 10.2 Å². The number of hydrogen-bond donors (Lipinski definition) is 3. The zero-order valence-electron chi connectivity index (χ0n) is 11.1. The van der Waals surface area contributed by atoms with Gasteiger partial charge in [-0.05, 0) is 25.2 Å². The summed E-state index contributed by atoms with van der Waals surface area (Å²) < 4.78 is 0. The van der Waals surface area contributed by atoms with Gasteiger partial charge < -0.3 is 20.4 Å². The Bertz CT molecular complexity index is 321. The van der Waals surface area contributed by atoms with Gasteiger partial charge in [-0.3, -0.25) is 0 Å². The van der Waals surface area contributed by atoms with E-state index in [1.54, 1.807) is 4.90 Å². The van der Waals surface area contributed by atoms with Crippen molar-refractivity contribution in [3.63, 3.8) is 0 Å². The summed E-state index contributed by atoms with van der Waals surface area (Å²) in [4.78, 5) is 24.1. The van der Waals surface area contributed by atoms with E-state index in [0.29, 0.717) is 18.4 Å². The molecule has 0 spiro atoms. The van der Waals surface area contributed by atoms with Crippen LogP contribution in [-0.4, -0.2) is 52.3 Å². The highest BCUT2D eigenvalue weighted by molar-refractivity contribution is 5.77. The predicted molar refractivity (Wildman–Crippen MR) is 66.2 cm³/mol. The Morgan fingerprint density at radius 1 is 1.39 bits per heavy atom. The first-order chi connectivity index (χ1) is 8.32. The third-order valence-electron chi connectivity index (χ3n) is 3.59. The van der Waals surface area contributed by atoms with Crippen molar-refractivity contribution in [2.24, 2.45) is 11.8 Å². The highest BCUT2D eigenvalue weighted by Crippen LogP contribution is 2.26. The van der Waals surface area contributed by atoms with Crippen LogP contribution in [0.3, 0.4) is 0 Å². The maximum Gasteiger partial charge on any atom is 0.334 e. The molecule has 1 aliphatic rings. The van der Waals surface area contributed by atoms with E-state index >= 15 is 0 Å².